The molecule has 3 heterocycles. The molecule has 1 saturated heterocycles. The Labute approximate surface area is 210 Å². The van der Waals surface area contributed by atoms with Gasteiger partial charge in [-0.2, -0.15) is 0 Å². The van der Waals surface area contributed by atoms with Gasteiger partial charge in [-0.15, -0.1) is 0 Å². The van der Waals surface area contributed by atoms with Crippen LogP contribution >= 0.6 is 0 Å². The zero-order valence-corrected chi connectivity index (χ0v) is 20.9. The first-order chi connectivity index (χ1) is 17.5. The smallest absolute Gasteiger partial charge is 0.338 e. The Bertz CT molecular complexity index is 1120. The summed E-state index contributed by atoms with van der Waals surface area (Å²) in [5, 5.41) is 2.97. The normalized spacial score (nSPS) is 18.8. The van der Waals surface area contributed by atoms with E-state index in [0.717, 1.165) is 5.56 Å². The first kappa shape index (κ1) is 25.3. The van der Waals surface area contributed by atoms with Gasteiger partial charge >= 0.3 is 12.0 Å². The molecule has 0 radical (unpaired) electrons. The van der Waals surface area contributed by atoms with Crippen LogP contribution in [0.2, 0.25) is 0 Å². The molecule has 2 aliphatic heterocycles. The van der Waals surface area contributed by atoms with Crippen molar-refractivity contribution < 1.29 is 28.3 Å². The molecular formula is C26H32N4O6. The van der Waals surface area contributed by atoms with Crippen molar-refractivity contribution >= 4 is 17.9 Å². The fourth-order valence-electron chi connectivity index (χ4n) is 4.61. The van der Waals surface area contributed by atoms with Crippen LogP contribution in [0.5, 0.6) is 5.75 Å². The minimum Gasteiger partial charge on any atom is -0.497 e. The van der Waals surface area contributed by atoms with Crippen LogP contribution < -0.4 is 10.1 Å². The summed E-state index contributed by atoms with van der Waals surface area (Å²) in [7, 11) is 1.57. The number of urea groups is 1. The number of amides is 3. The lowest BCUT2D eigenvalue weighted by molar-refractivity contribution is -0.139. The van der Waals surface area contributed by atoms with E-state index >= 15 is 0 Å². The van der Waals surface area contributed by atoms with E-state index in [4.69, 9.17) is 13.9 Å². The molecule has 192 valence electrons. The van der Waals surface area contributed by atoms with Crippen molar-refractivity contribution in [2.45, 2.75) is 19.9 Å². The molecule has 2 aliphatic rings. The molecular weight excluding hydrogens is 464 g/mol. The van der Waals surface area contributed by atoms with Crippen LogP contribution in [0.4, 0.5) is 4.79 Å². The third-order valence-electron chi connectivity index (χ3n) is 6.44. The highest BCUT2D eigenvalue weighted by Crippen LogP contribution is 2.33. The molecule has 0 bridgehead atoms. The predicted molar refractivity (Wildman–Crippen MR) is 131 cm³/mol. The van der Waals surface area contributed by atoms with Gasteiger partial charge in [-0.1, -0.05) is 12.1 Å². The average molecular weight is 497 g/mol. The number of ether oxygens (including phenoxy) is 2. The van der Waals surface area contributed by atoms with Crippen LogP contribution in [-0.2, 0) is 9.53 Å². The number of benzene rings is 1. The predicted octanol–water partition coefficient (Wildman–Crippen LogP) is 2.65. The quantitative estimate of drug-likeness (QED) is 0.560. The molecule has 10 heteroatoms. The summed E-state index contributed by atoms with van der Waals surface area (Å²) >= 11 is 0. The minimum absolute atomic E-state index is 0.142. The van der Waals surface area contributed by atoms with Crippen molar-refractivity contribution in [2.75, 3.05) is 53.0 Å². The van der Waals surface area contributed by atoms with E-state index in [0.29, 0.717) is 62.0 Å². The number of nitrogens with zero attached hydrogens (tertiary/aromatic N) is 3. The Morgan fingerprint density at radius 2 is 1.89 bits per heavy atom. The number of nitrogens with one attached hydrogen (secondary N) is 1. The molecule has 4 rings (SSSR count). The molecule has 1 aromatic heterocycles. The van der Waals surface area contributed by atoms with Crippen LogP contribution in [0.3, 0.4) is 0 Å². The van der Waals surface area contributed by atoms with Crippen molar-refractivity contribution in [2.24, 2.45) is 0 Å². The van der Waals surface area contributed by atoms with Crippen LogP contribution in [0, 0.1) is 0 Å². The van der Waals surface area contributed by atoms with Gasteiger partial charge < -0.3 is 24.1 Å². The Balaban J connectivity index is 1.62. The first-order valence-electron chi connectivity index (χ1n) is 12.1. The number of carbonyl (C=O) groups is 3. The molecule has 3 amide bonds. The lowest BCUT2D eigenvalue weighted by Crippen LogP contribution is -2.53. The van der Waals surface area contributed by atoms with E-state index in [1.807, 2.05) is 31.2 Å². The summed E-state index contributed by atoms with van der Waals surface area (Å²) in [5.41, 5.74) is 1.74. The second-order valence-electron chi connectivity index (χ2n) is 8.53. The molecule has 0 spiro atoms. The Morgan fingerprint density at radius 3 is 2.53 bits per heavy atom. The van der Waals surface area contributed by atoms with Gasteiger partial charge in [0.05, 0.1) is 31.6 Å². The van der Waals surface area contributed by atoms with E-state index in [1.54, 1.807) is 36.0 Å². The molecule has 1 fully saturated rings. The maximum Gasteiger partial charge on any atom is 0.338 e. The highest BCUT2D eigenvalue weighted by molar-refractivity contribution is 5.95. The van der Waals surface area contributed by atoms with Crippen molar-refractivity contribution in [1.82, 2.24) is 20.0 Å². The van der Waals surface area contributed by atoms with Gasteiger partial charge in [-0.25, -0.2) is 9.59 Å². The number of piperazine rings is 1. The monoisotopic (exact) mass is 496 g/mol. The summed E-state index contributed by atoms with van der Waals surface area (Å²) in [5.74, 6) is 0.335. The van der Waals surface area contributed by atoms with Gasteiger partial charge in [-0.05, 0) is 43.7 Å². The maximum atomic E-state index is 13.3. The van der Waals surface area contributed by atoms with Crippen molar-refractivity contribution in [1.29, 1.82) is 0 Å². The molecule has 1 atom stereocenters. The Morgan fingerprint density at radius 1 is 1.11 bits per heavy atom. The zero-order valence-electron chi connectivity index (χ0n) is 20.9. The van der Waals surface area contributed by atoms with Crippen LogP contribution in [-0.4, -0.2) is 85.6 Å². The largest absolute Gasteiger partial charge is 0.497 e. The maximum absolute atomic E-state index is 13.3. The third-order valence-corrected chi connectivity index (χ3v) is 6.44. The number of hydrogen-bond acceptors (Lipinski definition) is 7. The standard InChI is InChI=1S/C26H32N4O6/c1-4-30-20(17-28-11-13-29(14-12-28)24(31)21-10-7-15-36-21)22(25(32)35-5-2)23(27-26(30)33)18-8-6-9-19(16-18)34-3/h6-10,15-16,23H,4-5,11-14,17H2,1-3H3,(H,27,33). The molecule has 0 saturated carbocycles. The molecule has 10 nitrogen and oxygen atoms in total. The van der Waals surface area contributed by atoms with Gasteiger partial charge in [0.1, 0.15) is 5.75 Å². The second-order valence-corrected chi connectivity index (χ2v) is 8.53. The molecule has 2 aromatic rings. The number of carbonyl (C=O) groups excluding carboxylic acids is 3. The lowest BCUT2D eigenvalue weighted by atomic mass is 9.94. The van der Waals surface area contributed by atoms with E-state index in [-0.39, 0.29) is 18.5 Å². The summed E-state index contributed by atoms with van der Waals surface area (Å²) < 4.78 is 16.0. The lowest BCUT2D eigenvalue weighted by Gasteiger charge is -2.40. The second kappa shape index (κ2) is 11.3. The molecule has 36 heavy (non-hydrogen) atoms. The van der Waals surface area contributed by atoms with Crippen molar-refractivity contribution in [3.8, 4) is 5.75 Å². The van der Waals surface area contributed by atoms with Gasteiger partial charge in [0.2, 0.25) is 0 Å². The molecule has 1 aromatic carbocycles. The fourth-order valence-corrected chi connectivity index (χ4v) is 4.61. The van der Waals surface area contributed by atoms with E-state index in [9.17, 15) is 14.4 Å². The number of hydrogen-bond donors (Lipinski definition) is 1. The number of rotatable bonds is 8. The van der Waals surface area contributed by atoms with E-state index in [2.05, 4.69) is 10.2 Å². The van der Waals surface area contributed by atoms with Crippen molar-refractivity contribution in [3.05, 3.63) is 65.3 Å². The molecule has 0 aliphatic carbocycles. The first-order valence-corrected chi connectivity index (χ1v) is 12.1. The van der Waals surface area contributed by atoms with Gasteiger partial charge in [0.25, 0.3) is 5.91 Å². The Kier molecular flexibility index (Phi) is 7.94. The van der Waals surface area contributed by atoms with Gasteiger partial charge in [-0.3, -0.25) is 14.6 Å². The SMILES string of the molecule is CCOC(=O)C1=C(CN2CCN(C(=O)c3ccco3)CC2)N(CC)C(=O)NC1c1cccc(OC)c1. The third kappa shape index (κ3) is 5.23. The van der Waals surface area contributed by atoms with Gasteiger partial charge in [0, 0.05) is 45.0 Å². The topological polar surface area (TPSA) is 105 Å². The minimum atomic E-state index is -0.675. The summed E-state index contributed by atoms with van der Waals surface area (Å²) in [6, 6.07) is 9.69. The number of likely N-dealkylation sites (N-methyl/N-ethyl adjacent to an activating group) is 1. The molecule has 1 unspecified atom stereocenters. The fraction of sp³-hybridized carbons (Fsp3) is 0.423. The Hall–Kier alpha value is -3.79. The van der Waals surface area contributed by atoms with Crippen LogP contribution in [0.25, 0.3) is 0 Å². The summed E-state index contributed by atoms with van der Waals surface area (Å²) in [4.78, 5) is 44.5. The van der Waals surface area contributed by atoms with Crippen molar-refractivity contribution in [3.63, 3.8) is 0 Å². The van der Waals surface area contributed by atoms with Crippen LogP contribution in [0.1, 0.15) is 36.0 Å². The van der Waals surface area contributed by atoms with Gasteiger partial charge in [0.15, 0.2) is 5.76 Å². The highest BCUT2D eigenvalue weighted by Gasteiger charge is 2.38. The summed E-state index contributed by atoms with van der Waals surface area (Å²) in [6.07, 6.45) is 1.49. The molecule has 1 N–H and O–H groups in total. The number of furan rings is 1. The van der Waals surface area contributed by atoms with Crippen LogP contribution in [0.15, 0.2) is 58.3 Å². The highest BCUT2D eigenvalue weighted by atomic mass is 16.5. The average Bonchev–Trinajstić information content (AvgIpc) is 3.44. The number of esters is 1. The van der Waals surface area contributed by atoms with E-state index in [1.165, 1.54) is 6.26 Å². The number of methoxy groups -OCH3 is 1. The van der Waals surface area contributed by atoms with E-state index < -0.39 is 12.0 Å². The zero-order chi connectivity index (χ0) is 25.7. The summed E-state index contributed by atoms with van der Waals surface area (Å²) in [6.45, 7) is 6.82.